The first-order valence-corrected chi connectivity index (χ1v) is 26.9. The van der Waals surface area contributed by atoms with Gasteiger partial charge in [-0.15, -0.1) is 0 Å². The van der Waals surface area contributed by atoms with Crippen LogP contribution < -0.4 is 15.5 Å². The van der Waals surface area contributed by atoms with Crippen molar-refractivity contribution >= 4 is 90.0 Å². The highest BCUT2D eigenvalue weighted by atomic mass is 79.9. The average molecular weight is 1150 g/mol. The number of hydrogen-bond acceptors (Lipinski definition) is 13. The Bertz CT molecular complexity index is 2530. The van der Waals surface area contributed by atoms with Crippen molar-refractivity contribution in [2.75, 3.05) is 65.2 Å². The molecule has 2 aliphatic heterocycles. The first-order chi connectivity index (χ1) is 34.3. The molecular weight excluding hydrogens is 1080 g/mol. The number of carbonyl (C=O) groups excluding carboxylic acids is 5. The molecule has 7 atom stereocenters. The molecule has 3 aromatic rings. The van der Waals surface area contributed by atoms with Crippen LogP contribution in [0, 0.1) is 24.2 Å². The zero-order valence-electron chi connectivity index (χ0n) is 42.1. The molecule has 3 N–H and O–H groups in total. The number of nitrogens with one attached hydrogen (secondary N) is 2. The molecular formula is C52H67Br2ClN6O11. The number of alkyl halides is 2. The minimum absolute atomic E-state index is 0.00228. The van der Waals surface area contributed by atoms with Gasteiger partial charge in [0, 0.05) is 54.6 Å². The summed E-state index contributed by atoms with van der Waals surface area (Å²) in [5, 5.41) is 18.7. The number of fused-ring (bicyclic) bond motifs is 6. The van der Waals surface area contributed by atoms with E-state index in [1.54, 1.807) is 32.2 Å². The second-order valence-corrected chi connectivity index (χ2v) is 20.7. The van der Waals surface area contributed by atoms with E-state index >= 15 is 0 Å². The Labute approximate surface area is 443 Å². The molecule has 4 bridgehead atoms. The molecule has 3 heterocycles. The molecule has 1 aliphatic carbocycles. The monoisotopic (exact) mass is 1140 g/mol. The lowest BCUT2D eigenvalue weighted by Crippen LogP contribution is -2.59. The van der Waals surface area contributed by atoms with Crippen molar-refractivity contribution in [1.82, 2.24) is 25.5 Å². The van der Waals surface area contributed by atoms with E-state index in [0.29, 0.717) is 83.6 Å². The summed E-state index contributed by atoms with van der Waals surface area (Å²) in [6.45, 7) is 11.0. The van der Waals surface area contributed by atoms with Crippen LogP contribution in [0.3, 0.4) is 0 Å². The molecule has 0 radical (unpaired) electrons. The Morgan fingerprint density at radius 1 is 1.00 bits per heavy atom. The van der Waals surface area contributed by atoms with E-state index < -0.39 is 47.4 Å². The molecule has 392 valence electrons. The van der Waals surface area contributed by atoms with E-state index in [-0.39, 0.29) is 62.7 Å². The van der Waals surface area contributed by atoms with Gasteiger partial charge in [-0.2, -0.15) is 0 Å². The molecule has 1 saturated carbocycles. The number of halogens is 3. The van der Waals surface area contributed by atoms with Gasteiger partial charge < -0.3 is 43.9 Å². The third-order valence-electron chi connectivity index (χ3n) is 13.9. The summed E-state index contributed by atoms with van der Waals surface area (Å²) in [4.78, 5) is 79.0. The highest BCUT2D eigenvalue weighted by molar-refractivity contribution is 9.09. The van der Waals surface area contributed by atoms with E-state index in [1.807, 2.05) is 58.1 Å². The van der Waals surface area contributed by atoms with E-state index in [0.717, 1.165) is 28.1 Å². The van der Waals surface area contributed by atoms with Gasteiger partial charge in [-0.05, 0) is 81.3 Å². The number of amides is 4. The van der Waals surface area contributed by atoms with Crippen LogP contribution in [0.1, 0.15) is 92.7 Å². The molecule has 0 spiro atoms. The number of allylic oxidation sites excluding steroid dienone is 3. The molecule has 2 aromatic carbocycles. The van der Waals surface area contributed by atoms with E-state index in [2.05, 4.69) is 52.5 Å². The number of alkyl carbamates (subject to hydrolysis) is 1. The summed E-state index contributed by atoms with van der Waals surface area (Å²) >= 11 is 13.7. The molecule has 3 aliphatic rings. The standard InChI is InChI=1S/C52H67Br2ClN6O11/c1-31-9-8-10-33(3)52(67)28-38(71-50(66)59-52)25-37-27-51(37,5)44(26-46(63)61(7)43-23-35(21-31)22-32(2)47(43)55)72-49(65)34(4)60(6)45(62)13-15-68-17-19-70-20-18-69-16-14-56-48(64)36-11-12-39-40(24-36)58-42(30-54)41(29-53)57-39/h8-12,22-24,33-34,37-38,44,67H,13-21,25-30H2,1-7H3,(H,56,64)(H,59,66)/b10-8+,31-9+/t33-,34-,37?,38-,44+,51-,52+/m1/s1. The van der Waals surface area contributed by atoms with Crippen molar-refractivity contribution < 1.29 is 52.8 Å². The average Bonchev–Trinajstić information content (AvgIpc) is 4.01. The van der Waals surface area contributed by atoms with Gasteiger partial charge in [-0.1, -0.05) is 87.2 Å². The van der Waals surface area contributed by atoms with Crippen molar-refractivity contribution in [2.24, 2.45) is 17.3 Å². The second kappa shape index (κ2) is 25.6. The highest BCUT2D eigenvalue weighted by Crippen LogP contribution is 2.59. The second-order valence-electron chi connectivity index (χ2n) is 19.2. The van der Waals surface area contributed by atoms with Gasteiger partial charge in [0.05, 0.1) is 85.6 Å². The van der Waals surface area contributed by atoms with E-state index in [4.69, 9.17) is 35.3 Å². The van der Waals surface area contributed by atoms with Crippen LogP contribution in [0.15, 0.2) is 54.1 Å². The number of ether oxygens (including phenoxy) is 5. The molecule has 1 aromatic heterocycles. The van der Waals surface area contributed by atoms with Crippen LogP contribution in [0.4, 0.5) is 10.5 Å². The number of aryl methyl sites for hydroxylation is 1. The summed E-state index contributed by atoms with van der Waals surface area (Å²) in [5.74, 6) is -2.15. The molecule has 2 fully saturated rings. The topological polar surface area (TPSA) is 208 Å². The summed E-state index contributed by atoms with van der Waals surface area (Å²) in [6, 6.07) is 8.10. The molecule has 1 unspecified atom stereocenters. The first-order valence-electron chi connectivity index (χ1n) is 24.3. The van der Waals surface area contributed by atoms with Gasteiger partial charge in [0.1, 0.15) is 24.0 Å². The number of aliphatic hydroxyl groups is 1. The smallest absolute Gasteiger partial charge is 0.409 e. The maximum Gasteiger partial charge on any atom is 0.409 e. The number of carbonyl (C=O) groups is 5. The molecule has 72 heavy (non-hydrogen) atoms. The minimum Gasteiger partial charge on any atom is -0.460 e. The molecule has 4 amide bonds. The number of nitrogens with zero attached hydrogens (tertiary/aromatic N) is 4. The van der Waals surface area contributed by atoms with Crippen LogP contribution in [0.2, 0.25) is 5.02 Å². The summed E-state index contributed by atoms with van der Waals surface area (Å²) < 4.78 is 28.7. The third kappa shape index (κ3) is 14.6. The SMILES string of the molecule is C/C1=C\C=C\[C@@H](C)[C@@]2(O)C[C@@H](CC3C[C@@]3(C)[C@@H](OC(=O)[C@@H](C)N(C)C(=O)CCOCCOCCOCCNC(=O)c3ccc4nc(CBr)c(CBr)nc4c3)CC(=O)N(C)c3cc(cc(C)c3Cl)C1)OC(=O)N2. The Hall–Kier alpha value is -4.50. The summed E-state index contributed by atoms with van der Waals surface area (Å²) in [7, 11) is 3.17. The predicted octanol–water partition coefficient (Wildman–Crippen LogP) is 7.66. The van der Waals surface area contributed by atoms with Crippen molar-refractivity contribution in [3.05, 3.63) is 87.2 Å². The van der Waals surface area contributed by atoms with Crippen molar-refractivity contribution in [2.45, 2.75) is 108 Å². The molecule has 6 rings (SSSR count). The molecule has 20 heteroatoms. The van der Waals surface area contributed by atoms with Gasteiger partial charge in [0.15, 0.2) is 0 Å². The number of rotatable bonds is 18. The number of esters is 1. The number of benzene rings is 2. The zero-order chi connectivity index (χ0) is 52.3. The third-order valence-corrected chi connectivity index (χ3v) is 15.5. The van der Waals surface area contributed by atoms with Crippen LogP contribution in [0.5, 0.6) is 0 Å². The molecule has 1 saturated heterocycles. The maximum atomic E-state index is 14.2. The fourth-order valence-corrected chi connectivity index (χ4v) is 10.1. The number of hydrogen-bond donors (Lipinski definition) is 3. The van der Waals surface area contributed by atoms with Gasteiger partial charge in [0.25, 0.3) is 5.91 Å². The van der Waals surface area contributed by atoms with E-state index in [9.17, 15) is 29.1 Å². The van der Waals surface area contributed by atoms with Gasteiger partial charge in [-0.25, -0.2) is 19.6 Å². The van der Waals surface area contributed by atoms with Crippen LogP contribution in [-0.2, 0) is 55.1 Å². The molecule has 17 nitrogen and oxygen atoms in total. The predicted molar refractivity (Wildman–Crippen MR) is 280 cm³/mol. The lowest BCUT2D eigenvalue weighted by molar-refractivity contribution is -0.162. The Morgan fingerprint density at radius 3 is 2.36 bits per heavy atom. The largest absolute Gasteiger partial charge is 0.460 e. The highest BCUT2D eigenvalue weighted by Gasteiger charge is 2.59. The number of anilines is 1. The zero-order valence-corrected chi connectivity index (χ0v) is 46.0. The van der Waals surface area contributed by atoms with Crippen LogP contribution in [-0.4, -0.2) is 134 Å². The van der Waals surface area contributed by atoms with Gasteiger partial charge in [0.2, 0.25) is 11.8 Å². The quantitative estimate of drug-likeness (QED) is 0.0636. The number of aromatic nitrogens is 2. The Kier molecular flexibility index (Phi) is 20.2. The lowest BCUT2D eigenvalue weighted by Gasteiger charge is -2.40. The number of likely N-dealkylation sites (N-methyl/N-ethyl adjacent to an activating group) is 1. The van der Waals surface area contributed by atoms with Crippen LogP contribution >= 0.6 is 43.5 Å². The van der Waals surface area contributed by atoms with E-state index in [1.165, 1.54) is 16.8 Å². The minimum atomic E-state index is -1.56. The first kappa shape index (κ1) is 56.8. The summed E-state index contributed by atoms with van der Waals surface area (Å²) in [6.07, 6.45) is 4.91. The summed E-state index contributed by atoms with van der Waals surface area (Å²) in [5.41, 5.74) is 4.54. The maximum absolute atomic E-state index is 14.2. The lowest BCUT2D eigenvalue weighted by atomic mass is 9.87. The fourth-order valence-electron chi connectivity index (χ4n) is 9.01. The van der Waals surface area contributed by atoms with Crippen molar-refractivity contribution in [3.8, 4) is 0 Å². The Morgan fingerprint density at radius 2 is 1.67 bits per heavy atom. The van der Waals surface area contributed by atoms with Gasteiger partial charge >= 0.3 is 12.1 Å². The van der Waals surface area contributed by atoms with Crippen molar-refractivity contribution in [1.29, 1.82) is 0 Å². The Balaban J connectivity index is 0.958. The normalized spacial score (nSPS) is 25.0. The van der Waals surface area contributed by atoms with Crippen LogP contribution in [0.25, 0.3) is 11.0 Å². The van der Waals surface area contributed by atoms with Gasteiger partial charge in [-0.3, -0.25) is 19.7 Å². The fraction of sp³-hybridized carbons (Fsp3) is 0.558. The van der Waals surface area contributed by atoms with Crippen molar-refractivity contribution in [3.63, 3.8) is 0 Å².